The van der Waals surface area contributed by atoms with Gasteiger partial charge in [0.05, 0.1) is 0 Å². The maximum atomic E-state index is 4.04. The van der Waals surface area contributed by atoms with Crippen molar-refractivity contribution < 1.29 is 0 Å². The Morgan fingerprint density at radius 2 is 1.78 bits per heavy atom. The van der Waals surface area contributed by atoms with E-state index in [1.54, 1.807) is 0 Å². The molecule has 0 heteroatoms. The maximum Gasteiger partial charge on any atom is -0.0187 e. The summed E-state index contributed by atoms with van der Waals surface area (Å²) >= 11 is 0. The second kappa shape index (κ2) is 6.58. The molecule has 1 aromatic carbocycles. The molecule has 0 radical (unpaired) electrons. The highest BCUT2D eigenvalue weighted by Gasteiger charge is 2.08. The van der Waals surface area contributed by atoms with Gasteiger partial charge in [0.25, 0.3) is 0 Å². The van der Waals surface area contributed by atoms with Crippen molar-refractivity contribution in [3.8, 4) is 0 Å². The minimum absolute atomic E-state index is 0.609. The van der Waals surface area contributed by atoms with Crippen LogP contribution in [0.15, 0.2) is 42.0 Å². The van der Waals surface area contributed by atoms with Crippen LogP contribution in [0.2, 0.25) is 0 Å². The third kappa shape index (κ3) is 4.18. The fraction of sp³-hybridized carbons (Fsp3) is 0.444. The summed E-state index contributed by atoms with van der Waals surface area (Å²) in [5, 5.41) is 0. The predicted octanol–water partition coefficient (Wildman–Crippen LogP) is 5.71. The van der Waals surface area contributed by atoms with Crippen molar-refractivity contribution in [3.63, 3.8) is 0 Å². The quantitative estimate of drug-likeness (QED) is 0.580. The van der Waals surface area contributed by atoms with Crippen LogP contribution in [0, 0.1) is 13.8 Å². The first-order valence-corrected chi connectivity index (χ1v) is 6.83. The molecule has 0 N–H and O–H groups in total. The van der Waals surface area contributed by atoms with E-state index in [1.165, 1.54) is 34.3 Å². The molecule has 0 heterocycles. The molecule has 0 aromatic heterocycles. The van der Waals surface area contributed by atoms with Gasteiger partial charge < -0.3 is 0 Å². The Bertz CT molecular complexity index is 429. The zero-order valence-corrected chi connectivity index (χ0v) is 12.5. The Morgan fingerprint density at radius 1 is 1.22 bits per heavy atom. The van der Waals surface area contributed by atoms with E-state index in [-0.39, 0.29) is 0 Å². The fourth-order valence-corrected chi connectivity index (χ4v) is 2.44. The van der Waals surface area contributed by atoms with Crippen molar-refractivity contribution in [2.45, 2.75) is 53.4 Å². The van der Waals surface area contributed by atoms with Gasteiger partial charge in [-0.25, -0.2) is 0 Å². The standard InChI is InChI=1S/C18H26/c1-7-17(13(2)3)9-8-16(6)18-11-14(4)10-15(5)12-18/h7,10-12,16H,2,8-9H2,1,3-6H3/b17-7-. The largest absolute Gasteiger partial charge is 0.0958 e. The van der Waals surface area contributed by atoms with Crippen molar-refractivity contribution in [1.29, 1.82) is 0 Å². The lowest BCUT2D eigenvalue weighted by Crippen LogP contribution is -1.97. The van der Waals surface area contributed by atoms with Crippen LogP contribution in [0.1, 0.15) is 56.2 Å². The molecule has 0 aliphatic rings. The molecule has 0 spiro atoms. The number of benzene rings is 1. The lowest BCUT2D eigenvalue weighted by Gasteiger charge is -2.15. The fourth-order valence-electron chi connectivity index (χ4n) is 2.44. The summed E-state index contributed by atoms with van der Waals surface area (Å²) < 4.78 is 0. The van der Waals surface area contributed by atoms with Crippen LogP contribution >= 0.6 is 0 Å². The summed E-state index contributed by atoms with van der Waals surface area (Å²) in [6.07, 6.45) is 4.51. The minimum Gasteiger partial charge on any atom is -0.0958 e. The van der Waals surface area contributed by atoms with E-state index < -0.39 is 0 Å². The monoisotopic (exact) mass is 242 g/mol. The Kier molecular flexibility index (Phi) is 5.40. The molecule has 98 valence electrons. The topological polar surface area (TPSA) is 0 Å². The molecular formula is C18H26. The Morgan fingerprint density at radius 3 is 2.22 bits per heavy atom. The molecule has 0 saturated heterocycles. The molecule has 0 fully saturated rings. The summed E-state index contributed by atoms with van der Waals surface area (Å²) in [7, 11) is 0. The normalized spacial score (nSPS) is 13.5. The first-order chi connectivity index (χ1) is 8.43. The molecule has 0 saturated carbocycles. The van der Waals surface area contributed by atoms with Gasteiger partial charge in [-0.3, -0.25) is 0 Å². The van der Waals surface area contributed by atoms with Gasteiger partial charge >= 0.3 is 0 Å². The van der Waals surface area contributed by atoms with Gasteiger partial charge in [0.15, 0.2) is 0 Å². The highest BCUT2D eigenvalue weighted by Crippen LogP contribution is 2.26. The Labute approximate surface area is 112 Å². The SMILES string of the molecule is C=C(C)/C(=C\C)CCC(C)c1cc(C)cc(C)c1. The van der Waals surface area contributed by atoms with Crippen molar-refractivity contribution in [1.82, 2.24) is 0 Å². The van der Waals surface area contributed by atoms with E-state index in [0.29, 0.717) is 5.92 Å². The molecule has 1 unspecified atom stereocenters. The average Bonchev–Trinajstić information content (AvgIpc) is 2.27. The van der Waals surface area contributed by atoms with Crippen LogP contribution in [-0.2, 0) is 0 Å². The highest BCUT2D eigenvalue weighted by atomic mass is 14.1. The second-order valence-electron chi connectivity index (χ2n) is 5.46. The number of rotatable bonds is 5. The molecule has 18 heavy (non-hydrogen) atoms. The van der Waals surface area contributed by atoms with E-state index in [9.17, 15) is 0 Å². The predicted molar refractivity (Wildman–Crippen MR) is 82.1 cm³/mol. The average molecular weight is 242 g/mol. The molecule has 1 aromatic rings. The lowest BCUT2D eigenvalue weighted by atomic mass is 9.90. The van der Waals surface area contributed by atoms with Gasteiger partial charge in [-0.2, -0.15) is 0 Å². The van der Waals surface area contributed by atoms with Crippen molar-refractivity contribution in [3.05, 3.63) is 58.7 Å². The zero-order valence-electron chi connectivity index (χ0n) is 12.5. The third-order valence-electron chi connectivity index (χ3n) is 3.56. The van der Waals surface area contributed by atoms with Crippen molar-refractivity contribution in [2.24, 2.45) is 0 Å². The van der Waals surface area contributed by atoms with Crippen LogP contribution in [0.25, 0.3) is 0 Å². The first-order valence-electron chi connectivity index (χ1n) is 6.83. The van der Waals surface area contributed by atoms with Gasteiger partial charge in [0.2, 0.25) is 0 Å². The summed E-state index contributed by atoms with van der Waals surface area (Å²) in [6, 6.07) is 6.86. The van der Waals surface area contributed by atoms with Crippen LogP contribution in [-0.4, -0.2) is 0 Å². The number of hydrogen-bond donors (Lipinski definition) is 0. The van der Waals surface area contributed by atoms with E-state index in [0.717, 1.165) is 6.42 Å². The Balaban J connectivity index is 2.71. The first kappa shape index (κ1) is 14.8. The van der Waals surface area contributed by atoms with Crippen LogP contribution in [0.5, 0.6) is 0 Å². The van der Waals surface area contributed by atoms with E-state index in [1.807, 2.05) is 0 Å². The van der Waals surface area contributed by atoms with Gasteiger partial charge in [0, 0.05) is 0 Å². The summed E-state index contributed by atoms with van der Waals surface area (Å²) in [4.78, 5) is 0. The second-order valence-corrected chi connectivity index (χ2v) is 5.46. The summed E-state index contributed by atoms with van der Waals surface area (Å²) in [5.74, 6) is 0.609. The zero-order chi connectivity index (χ0) is 13.7. The maximum absolute atomic E-state index is 4.04. The third-order valence-corrected chi connectivity index (χ3v) is 3.56. The molecule has 1 atom stereocenters. The summed E-state index contributed by atoms with van der Waals surface area (Å²) in [5.41, 5.74) is 6.78. The highest BCUT2D eigenvalue weighted by molar-refractivity contribution is 5.31. The molecule has 0 bridgehead atoms. The van der Waals surface area contributed by atoms with Crippen LogP contribution in [0.4, 0.5) is 0 Å². The molecule has 1 rings (SSSR count). The molecular weight excluding hydrogens is 216 g/mol. The van der Waals surface area contributed by atoms with Crippen LogP contribution in [0.3, 0.4) is 0 Å². The van der Waals surface area contributed by atoms with Crippen LogP contribution < -0.4 is 0 Å². The molecule has 0 amide bonds. The Hall–Kier alpha value is -1.30. The number of allylic oxidation sites excluding steroid dienone is 3. The van der Waals surface area contributed by atoms with Gasteiger partial charge in [0.1, 0.15) is 0 Å². The molecule has 0 aliphatic carbocycles. The van der Waals surface area contributed by atoms with Gasteiger partial charge in [-0.05, 0) is 57.6 Å². The van der Waals surface area contributed by atoms with Gasteiger partial charge in [-0.15, -0.1) is 0 Å². The molecule has 0 aliphatic heterocycles. The summed E-state index contributed by atoms with van der Waals surface area (Å²) in [6.45, 7) is 14.9. The molecule has 0 nitrogen and oxygen atoms in total. The van der Waals surface area contributed by atoms with E-state index in [4.69, 9.17) is 0 Å². The van der Waals surface area contributed by atoms with Crippen molar-refractivity contribution >= 4 is 0 Å². The number of hydrogen-bond acceptors (Lipinski definition) is 0. The van der Waals surface area contributed by atoms with Crippen molar-refractivity contribution in [2.75, 3.05) is 0 Å². The van der Waals surface area contributed by atoms with Gasteiger partial charge in [-0.1, -0.05) is 54.5 Å². The lowest BCUT2D eigenvalue weighted by molar-refractivity contribution is 0.677. The minimum atomic E-state index is 0.609. The number of aryl methyl sites for hydroxylation is 2. The van der Waals surface area contributed by atoms with E-state index >= 15 is 0 Å². The van der Waals surface area contributed by atoms with E-state index in [2.05, 4.69) is 65.5 Å². The smallest absolute Gasteiger partial charge is 0.0187 e.